The second-order valence-corrected chi connectivity index (χ2v) is 8.62. The summed E-state index contributed by atoms with van der Waals surface area (Å²) in [5.74, 6) is 0.235. The van der Waals surface area contributed by atoms with Crippen molar-refractivity contribution in [3.05, 3.63) is 27.1 Å². The van der Waals surface area contributed by atoms with Crippen LogP contribution in [0.4, 0.5) is 11.4 Å². The molecule has 0 amide bonds. The number of anilines is 1. The van der Waals surface area contributed by atoms with E-state index in [4.69, 9.17) is 9.73 Å². The zero-order valence-corrected chi connectivity index (χ0v) is 13.9. The van der Waals surface area contributed by atoms with Crippen LogP contribution in [0.15, 0.2) is 21.0 Å². The van der Waals surface area contributed by atoms with E-state index in [2.05, 4.69) is 10.3 Å². The Morgan fingerprint density at radius 1 is 1.44 bits per heavy atom. The zero-order valence-electron chi connectivity index (χ0n) is 13.1. The van der Waals surface area contributed by atoms with E-state index in [0.717, 1.165) is 46.3 Å². The first-order chi connectivity index (χ1) is 12.2. The lowest BCUT2D eigenvalue weighted by atomic mass is 9.68. The third kappa shape index (κ3) is 1.29. The van der Waals surface area contributed by atoms with Crippen LogP contribution >= 0.6 is 11.8 Å². The number of nitrogens with zero attached hydrogens (tertiary/aromatic N) is 2. The van der Waals surface area contributed by atoms with Gasteiger partial charge in [-0.1, -0.05) is 0 Å². The first-order valence-corrected chi connectivity index (χ1v) is 9.43. The van der Waals surface area contributed by atoms with Crippen LogP contribution in [0, 0.1) is 0 Å². The summed E-state index contributed by atoms with van der Waals surface area (Å²) in [5.41, 5.74) is 3.48. The highest BCUT2D eigenvalue weighted by Crippen LogP contribution is 2.63. The molecule has 0 radical (unpaired) electrons. The summed E-state index contributed by atoms with van der Waals surface area (Å²) in [7, 11) is 0. The van der Waals surface area contributed by atoms with Gasteiger partial charge < -0.3 is 15.2 Å². The van der Waals surface area contributed by atoms with E-state index in [9.17, 15) is 9.90 Å². The number of aromatic hydroxyl groups is 1. The van der Waals surface area contributed by atoms with Crippen molar-refractivity contribution in [2.45, 2.75) is 35.8 Å². The van der Waals surface area contributed by atoms with Crippen LogP contribution in [0.1, 0.15) is 18.4 Å². The highest BCUT2D eigenvalue weighted by atomic mass is 32.2. The van der Waals surface area contributed by atoms with Gasteiger partial charge in [0.25, 0.3) is 0 Å². The number of nitrogens with one attached hydrogen (secondary N) is 1. The van der Waals surface area contributed by atoms with Crippen molar-refractivity contribution >= 4 is 40.7 Å². The Morgan fingerprint density at radius 3 is 3.28 bits per heavy atom. The molecule has 1 aromatic rings. The van der Waals surface area contributed by atoms with Crippen molar-refractivity contribution < 1.29 is 14.6 Å². The molecule has 0 saturated carbocycles. The van der Waals surface area contributed by atoms with Crippen LogP contribution in [-0.2, 0) is 14.9 Å². The summed E-state index contributed by atoms with van der Waals surface area (Å²) in [6, 6.07) is 0. The Bertz CT molecular complexity index is 1120. The summed E-state index contributed by atoms with van der Waals surface area (Å²) < 4.78 is 5.84. The SMILES string of the molecule is O=C1C=C2S[C@H]3C[C@@]2(c2c4c5c(c(O)c2=N3)N=CC=5CCN4)C2OC12. The van der Waals surface area contributed by atoms with E-state index in [1.54, 1.807) is 17.8 Å². The standard InChI is InChI=1S/C18H13N3O3S/c22-7-3-8-18(17-16(7)24-17)4-9(25-8)21-14-11(18)12-10-6(1-2-19-12)5-20-13(10)15(14)23/h3,5,9,16-17,19,23H,1-2,4H2/t9-,16?,17?,18+/m0/s1. The molecule has 4 atom stereocenters. The van der Waals surface area contributed by atoms with Crippen LogP contribution in [0.3, 0.4) is 0 Å². The lowest BCUT2D eigenvalue weighted by molar-refractivity contribution is -0.115. The Kier molecular flexibility index (Phi) is 2.01. The van der Waals surface area contributed by atoms with Gasteiger partial charge in [0.05, 0.1) is 11.1 Å². The van der Waals surface area contributed by atoms with E-state index in [0.29, 0.717) is 11.0 Å². The van der Waals surface area contributed by atoms with Crippen LogP contribution in [-0.4, -0.2) is 41.2 Å². The molecule has 25 heavy (non-hydrogen) atoms. The lowest BCUT2D eigenvalue weighted by Crippen LogP contribution is -2.46. The maximum Gasteiger partial charge on any atom is 0.187 e. The number of aliphatic imine (C=N–C) groups is 1. The summed E-state index contributed by atoms with van der Waals surface area (Å²) in [6.07, 6.45) is 4.88. The largest absolute Gasteiger partial charge is 0.504 e. The van der Waals surface area contributed by atoms with E-state index < -0.39 is 0 Å². The molecule has 2 saturated heterocycles. The fourth-order valence-corrected chi connectivity index (χ4v) is 6.68. The van der Waals surface area contributed by atoms with Gasteiger partial charge in [-0.15, -0.1) is 11.8 Å². The Morgan fingerprint density at radius 2 is 2.36 bits per heavy atom. The minimum atomic E-state index is -0.356. The number of ketones is 1. The fourth-order valence-electron chi connectivity index (χ4n) is 5.19. The molecule has 6 aliphatic rings. The maximum absolute atomic E-state index is 12.2. The number of fused-ring (bicyclic) bond motifs is 4. The highest BCUT2D eigenvalue weighted by Gasteiger charge is 2.68. The minimum Gasteiger partial charge on any atom is -0.504 e. The number of carbonyl (C=O) groups is 1. The van der Waals surface area contributed by atoms with Gasteiger partial charge in [0.1, 0.15) is 28.6 Å². The van der Waals surface area contributed by atoms with Gasteiger partial charge >= 0.3 is 0 Å². The zero-order chi connectivity index (χ0) is 16.5. The molecular formula is C18H13N3O3S. The van der Waals surface area contributed by atoms with Crippen molar-refractivity contribution in [2.75, 3.05) is 11.9 Å². The second-order valence-electron chi connectivity index (χ2n) is 7.40. The molecule has 5 heterocycles. The maximum atomic E-state index is 12.2. The summed E-state index contributed by atoms with van der Waals surface area (Å²) >= 11 is 1.64. The molecular weight excluding hydrogens is 338 g/mol. The molecule has 7 heteroatoms. The molecule has 2 fully saturated rings. The Hall–Kier alpha value is -2.12. The van der Waals surface area contributed by atoms with E-state index in [-0.39, 0.29) is 34.5 Å². The molecule has 124 valence electrons. The molecule has 2 bridgehead atoms. The third-order valence-electron chi connectivity index (χ3n) is 6.24. The van der Waals surface area contributed by atoms with E-state index in [1.165, 1.54) is 0 Å². The first-order valence-electron chi connectivity index (χ1n) is 8.55. The van der Waals surface area contributed by atoms with E-state index >= 15 is 0 Å². The van der Waals surface area contributed by atoms with E-state index in [1.807, 2.05) is 6.21 Å². The number of hydrogen-bond acceptors (Lipinski definition) is 7. The number of thioether (sulfide) groups is 1. The third-order valence-corrected chi connectivity index (χ3v) is 7.52. The average Bonchev–Trinajstić information content (AvgIpc) is 3.23. The predicted molar refractivity (Wildman–Crippen MR) is 93.0 cm³/mol. The number of hydrogen-bond donors (Lipinski definition) is 2. The van der Waals surface area contributed by atoms with Gasteiger partial charge in [0.15, 0.2) is 11.5 Å². The molecule has 1 aliphatic carbocycles. The smallest absolute Gasteiger partial charge is 0.187 e. The normalized spacial score (nSPS) is 37.4. The fraction of sp³-hybridized carbons (Fsp3) is 0.389. The van der Waals surface area contributed by atoms with Crippen molar-refractivity contribution in [1.29, 1.82) is 0 Å². The summed E-state index contributed by atoms with van der Waals surface area (Å²) in [4.78, 5) is 22.5. The van der Waals surface area contributed by atoms with Gasteiger partial charge in [0.2, 0.25) is 0 Å². The van der Waals surface area contributed by atoms with Gasteiger partial charge in [-0.25, -0.2) is 0 Å². The molecule has 0 aromatic heterocycles. The molecule has 1 spiro atoms. The average molecular weight is 351 g/mol. The Labute approximate surface area is 146 Å². The Balaban J connectivity index is 1.68. The molecule has 1 aromatic carbocycles. The van der Waals surface area contributed by atoms with Crippen molar-refractivity contribution in [2.24, 2.45) is 9.98 Å². The number of epoxide rings is 1. The number of carbonyl (C=O) groups excluding carboxylic acids is 1. The minimum absolute atomic E-state index is 0.0167. The molecule has 2 N–H and O–H groups in total. The lowest BCUT2D eigenvalue weighted by Gasteiger charge is -2.35. The summed E-state index contributed by atoms with van der Waals surface area (Å²) in [6.45, 7) is 0.838. The molecule has 7 rings (SSSR count). The highest BCUT2D eigenvalue weighted by molar-refractivity contribution is 8.04. The van der Waals surface area contributed by atoms with Crippen molar-refractivity contribution in [3.8, 4) is 5.75 Å². The number of phenolic OH excluding ortho intramolecular Hbond substituents is 1. The quantitative estimate of drug-likeness (QED) is 0.529. The van der Waals surface area contributed by atoms with Gasteiger partial charge in [-0.2, -0.15) is 0 Å². The van der Waals surface area contributed by atoms with Gasteiger partial charge in [-0.05, 0) is 24.5 Å². The molecule has 6 nitrogen and oxygen atoms in total. The second kappa shape index (κ2) is 3.83. The molecule has 2 unspecified atom stereocenters. The number of benzene rings is 1. The van der Waals surface area contributed by atoms with Crippen molar-refractivity contribution in [1.82, 2.24) is 0 Å². The number of ether oxygens (including phenoxy) is 1. The van der Waals surface area contributed by atoms with Gasteiger partial charge in [0, 0.05) is 28.4 Å². The van der Waals surface area contributed by atoms with Crippen LogP contribution in [0.2, 0.25) is 0 Å². The van der Waals surface area contributed by atoms with Crippen LogP contribution in [0.25, 0.3) is 5.57 Å². The predicted octanol–water partition coefficient (Wildman–Crippen LogP) is 0.642. The van der Waals surface area contributed by atoms with Gasteiger partial charge in [-0.3, -0.25) is 14.8 Å². The summed E-state index contributed by atoms with van der Waals surface area (Å²) in [5, 5.41) is 16.1. The van der Waals surface area contributed by atoms with Crippen molar-refractivity contribution in [3.63, 3.8) is 0 Å². The van der Waals surface area contributed by atoms with Crippen LogP contribution in [0.5, 0.6) is 5.75 Å². The van der Waals surface area contributed by atoms with Crippen LogP contribution < -0.4 is 15.9 Å². The monoisotopic (exact) mass is 351 g/mol. The molecule has 5 aliphatic heterocycles. The first kappa shape index (κ1) is 13.1. The topological polar surface area (TPSA) is 86.6 Å². The number of rotatable bonds is 0. The number of phenols is 1.